The normalized spacial score (nSPS) is 12.4. The molecule has 264 valence electrons. The molecule has 0 bridgehead atoms. The molecule has 0 aliphatic rings. The Morgan fingerprint density at radius 2 is 0.867 bits per heavy atom. The Morgan fingerprint density at radius 3 is 1.36 bits per heavy atom. The maximum atomic E-state index is 12.6. The van der Waals surface area contributed by atoms with Gasteiger partial charge < -0.3 is 9.84 Å². The van der Waals surface area contributed by atoms with Gasteiger partial charge in [-0.3, -0.25) is 9.59 Å². The Bertz CT molecular complexity index is 683. The lowest BCUT2D eigenvalue weighted by molar-refractivity contribution is -0.150. The molecule has 0 aromatic carbocycles. The Hall–Kier alpha value is -1.58. The summed E-state index contributed by atoms with van der Waals surface area (Å²) in [6.07, 6.45) is 46.3. The first-order chi connectivity index (χ1) is 22.1. The molecule has 0 aliphatic carbocycles. The monoisotopic (exact) mass is 633 g/mol. The van der Waals surface area contributed by atoms with Crippen LogP contribution in [0.3, 0.4) is 0 Å². The molecule has 1 atom stereocenters. The van der Waals surface area contributed by atoms with Gasteiger partial charge in [-0.2, -0.15) is 0 Å². The highest BCUT2D eigenvalue weighted by Crippen LogP contribution is 2.19. The van der Waals surface area contributed by atoms with Gasteiger partial charge in [0.25, 0.3) is 0 Å². The van der Waals surface area contributed by atoms with Gasteiger partial charge in [-0.05, 0) is 70.6 Å². The fourth-order valence-corrected chi connectivity index (χ4v) is 5.98. The van der Waals surface area contributed by atoms with Crippen molar-refractivity contribution in [2.75, 3.05) is 0 Å². The lowest BCUT2D eigenvalue weighted by Gasteiger charge is -2.18. The smallest absolute Gasteiger partial charge is 0.306 e. The molecule has 45 heavy (non-hydrogen) atoms. The van der Waals surface area contributed by atoms with E-state index in [0.29, 0.717) is 6.42 Å². The zero-order chi connectivity index (χ0) is 32.9. The molecule has 0 spiro atoms. The number of aliphatic carboxylic acids is 1. The van der Waals surface area contributed by atoms with E-state index < -0.39 is 5.97 Å². The Kier molecular flexibility index (Phi) is 35.6. The van der Waals surface area contributed by atoms with Gasteiger partial charge in [0, 0.05) is 12.8 Å². The van der Waals surface area contributed by atoms with Gasteiger partial charge >= 0.3 is 11.9 Å². The van der Waals surface area contributed by atoms with Gasteiger partial charge in [0.15, 0.2) is 0 Å². The fourth-order valence-electron chi connectivity index (χ4n) is 5.98. The molecule has 1 unspecified atom stereocenters. The van der Waals surface area contributed by atoms with Crippen molar-refractivity contribution >= 4 is 11.9 Å². The summed E-state index contributed by atoms with van der Waals surface area (Å²) in [5.41, 5.74) is 0. The highest BCUT2D eigenvalue weighted by atomic mass is 16.5. The number of unbranched alkanes of at least 4 members (excludes halogenated alkanes) is 23. The van der Waals surface area contributed by atoms with Gasteiger partial charge in [0.2, 0.25) is 0 Å². The van der Waals surface area contributed by atoms with Crippen molar-refractivity contribution in [1.29, 1.82) is 0 Å². The van der Waals surface area contributed by atoms with Crippen LogP contribution in [0.25, 0.3) is 0 Å². The zero-order valence-electron chi connectivity index (χ0n) is 30.2. The standard InChI is InChI=1S/C41H76O4/c1-3-5-7-9-11-12-13-14-15-16-17-18-19-20-21-22-23-24-26-28-34-38-41(44)45-39(35-31-27-25-10-8-6-4-2)36-32-29-30-33-37-40(42)43/h11-12,14-15,39H,3-10,13,16-38H2,1-2H3,(H,42,43)/b12-11-,15-14-. The molecule has 0 aromatic rings. The molecular formula is C41H76O4. The minimum Gasteiger partial charge on any atom is -0.481 e. The number of ether oxygens (including phenoxy) is 1. The third-order valence-corrected chi connectivity index (χ3v) is 8.93. The van der Waals surface area contributed by atoms with Crippen LogP contribution in [0.4, 0.5) is 0 Å². The second-order valence-electron chi connectivity index (χ2n) is 13.5. The molecule has 4 heteroatoms. The van der Waals surface area contributed by atoms with Crippen molar-refractivity contribution < 1.29 is 19.4 Å². The fraction of sp³-hybridized carbons (Fsp3) is 0.854. The summed E-state index contributed by atoms with van der Waals surface area (Å²) in [7, 11) is 0. The van der Waals surface area contributed by atoms with Crippen LogP contribution in [0.5, 0.6) is 0 Å². The predicted molar refractivity (Wildman–Crippen MR) is 195 cm³/mol. The lowest BCUT2D eigenvalue weighted by Crippen LogP contribution is -2.18. The van der Waals surface area contributed by atoms with E-state index in [2.05, 4.69) is 38.2 Å². The summed E-state index contributed by atoms with van der Waals surface area (Å²) in [6, 6.07) is 0. The van der Waals surface area contributed by atoms with Crippen molar-refractivity contribution in [2.24, 2.45) is 0 Å². The third kappa shape index (κ3) is 36.8. The molecule has 0 aromatic heterocycles. The average Bonchev–Trinajstić information content (AvgIpc) is 3.02. The molecular weight excluding hydrogens is 556 g/mol. The first kappa shape index (κ1) is 43.4. The number of esters is 1. The summed E-state index contributed by atoms with van der Waals surface area (Å²) >= 11 is 0. The van der Waals surface area contributed by atoms with Crippen LogP contribution < -0.4 is 0 Å². The van der Waals surface area contributed by atoms with E-state index in [1.54, 1.807) is 0 Å². The summed E-state index contributed by atoms with van der Waals surface area (Å²) in [6.45, 7) is 4.51. The maximum Gasteiger partial charge on any atom is 0.306 e. The molecule has 0 saturated heterocycles. The van der Waals surface area contributed by atoms with E-state index in [1.165, 1.54) is 128 Å². The summed E-state index contributed by atoms with van der Waals surface area (Å²) in [4.78, 5) is 23.3. The Labute approximate surface area is 280 Å². The molecule has 0 saturated carbocycles. The second kappa shape index (κ2) is 36.9. The highest BCUT2D eigenvalue weighted by molar-refractivity contribution is 5.69. The number of hydrogen-bond acceptors (Lipinski definition) is 3. The van der Waals surface area contributed by atoms with Crippen molar-refractivity contribution in [2.45, 2.75) is 225 Å². The number of carboxylic acid groups (broad SMARTS) is 1. The molecule has 1 N–H and O–H groups in total. The van der Waals surface area contributed by atoms with Gasteiger partial charge in [0.05, 0.1) is 0 Å². The number of carbonyl (C=O) groups excluding carboxylic acids is 1. The van der Waals surface area contributed by atoms with Crippen LogP contribution in [0.15, 0.2) is 24.3 Å². The highest BCUT2D eigenvalue weighted by Gasteiger charge is 2.14. The lowest BCUT2D eigenvalue weighted by atomic mass is 10.0. The van der Waals surface area contributed by atoms with Gasteiger partial charge in [-0.1, -0.05) is 160 Å². The predicted octanol–water partition coefficient (Wildman–Crippen LogP) is 13.6. The van der Waals surface area contributed by atoms with Crippen molar-refractivity contribution in [3.63, 3.8) is 0 Å². The Balaban J connectivity index is 3.78. The first-order valence-electron chi connectivity index (χ1n) is 19.8. The van der Waals surface area contributed by atoms with Crippen LogP contribution in [0.1, 0.15) is 219 Å². The van der Waals surface area contributed by atoms with Crippen molar-refractivity contribution in [1.82, 2.24) is 0 Å². The Morgan fingerprint density at radius 1 is 0.489 bits per heavy atom. The van der Waals surface area contributed by atoms with E-state index >= 15 is 0 Å². The number of carboxylic acids is 1. The SMILES string of the molecule is CCCCC/C=C\C/C=C\CCCCCCCCCCCCCC(=O)OC(CCCCCCCCC)CCCCCCC(=O)O. The minimum atomic E-state index is -0.710. The van der Waals surface area contributed by atoms with E-state index in [-0.39, 0.29) is 18.5 Å². The number of carbonyl (C=O) groups is 2. The van der Waals surface area contributed by atoms with Gasteiger partial charge in [-0.25, -0.2) is 0 Å². The quantitative estimate of drug-likeness (QED) is 0.0424. The minimum absolute atomic E-state index is 0.0149. The topological polar surface area (TPSA) is 63.6 Å². The molecule has 0 heterocycles. The van der Waals surface area contributed by atoms with Crippen LogP contribution in [0.2, 0.25) is 0 Å². The van der Waals surface area contributed by atoms with E-state index in [9.17, 15) is 9.59 Å². The summed E-state index contributed by atoms with van der Waals surface area (Å²) < 4.78 is 5.94. The molecule has 0 rings (SSSR count). The molecule has 0 radical (unpaired) electrons. The maximum absolute atomic E-state index is 12.6. The third-order valence-electron chi connectivity index (χ3n) is 8.93. The summed E-state index contributed by atoms with van der Waals surface area (Å²) in [5.74, 6) is -0.725. The second-order valence-corrected chi connectivity index (χ2v) is 13.5. The zero-order valence-corrected chi connectivity index (χ0v) is 30.2. The van der Waals surface area contributed by atoms with Crippen LogP contribution >= 0.6 is 0 Å². The number of rotatable bonds is 36. The van der Waals surface area contributed by atoms with Crippen LogP contribution in [-0.4, -0.2) is 23.1 Å². The van der Waals surface area contributed by atoms with Crippen molar-refractivity contribution in [3.8, 4) is 0 Å². The molecule has 0 amide bonds. The van der Waals surface area contributed by atoms with Crippen LogP contribution in [-0.2, 0) is 14.3 Å². The van der Waals surface area contributed by atoms with E-state index in [0.717, 1.165) is 64.2 Å². The average molecular weight is 633 g/mol. The number of hydrogen-bond donors (Lipinski definition) is 1. The van der Waals surface area contributed by atoms with Crippen LogP contribution in [0, 0.1) is 0 Å². The van der Waals surface area contributed by atoms with E-state index in [1.807, 2.05) is 0 Å². The largest absolute Gasteiger partial charge is 0.481 e. The van der Waals surface area contributed by atoms with Gasteiger partial charge in [0.1, 0.15) is 6.10 Å². The first-order valence-corrected chi connectivity index (χ1v) is 19.8. The molecule has 0 aliphatic heterocycles. The van der Waals surface area contributed by atoms with Gasteiger partial charge in [-0.15, -0.1) is 0 Å². The number of allylic oxidation sites excluding steroid dienone is 4. The van der Waals surface area contributed by atoms with Crippen molar-refractivity contribution in [3.05, 3.63) is 24.3 Å². The van der Waals surface area contributed by atoms with E-state index in [4.69, 9.17) is 9.84 Å². The summed E-state index contributed by atoms with van der Waals surface area (Å²) in [5, 5.41) is 8.82. The molecule has 0 fully saturated rings. The molecule has 4 nitrogen and oxygen atoms in total.